The number of ether oxygens (including phenoxy) is 1. The predicted octanol–water partition coefficient (Wildman–Crippen LogP) is 2.14. The molecule has 0 spiro atoms. The van der Waals surface area contributed by atoms with E-state index in [2.05, 4.69) is 16.6 Å². The second-order valence-electron chi connectivity index (χ2n) is 3.75. The van der Waals surface area contributed by atoms with Gasteiger partial charge in [-0.15, -0.1) is 0 Å². The molecule has 0 aliphatic carbocycles. The van der Waals surface area contributed by atoms with Crippen LogP contribution in [0.15, 0.2) is 36.4 Å². The minimum absolute atomic E-state index is 0.304. The Labute approximate surface area is 96.1 Å². The predicted molar refractivity (Wildman–Crippen MR) is 64.3 cm³/mol. The van der Waals surface area contributed by atoms with Crippen LogP contribution in [0.1, 0.15) is 22.8 Å². The molecule has 1 rings (SSSR count). The molecule has 1 N–H and O–H groups in total. The van der Waals surface area contributed by atoms with Crippen LogP contribution >= 0.6 is 0 Å². The highest BCUT2D eigenvalue weighted by Gasteiger charge is 2.03. The number of esters is 1. The van der Waals surface area contributed by atoms with Gasteiger partial charge in [-0.3, -0.25) is 0 Å². The lowest BCUT2D eigenvalue weighted by Gasteiger charge is -2.05. The van der Waals surface area contributed by atoms with Crippen molar-refractivity contribution in [3.63, 3.8) is 0 Å². The zero-order valence-corrected chi connectivity index (χ0v) is 9.75. The van der Waals surface area contributed by atoms with Crippen molar-refractivity contribution >= 4 is 5.97 Å². The van der Waals surface area contributed by atoms with E-state index in [1.54, 1.807) is 12.1 Å². The number of methoxy groups -OCH3 is 1. The van der Waals surface area contributed by atoms with Crippen LogP contribution in [0.2, 0.25) is 0 Å². The van der Waals surface area contributed by atoms with Gasteiger partial charge in [0.05, 0.1) is 12.7 Å². The van der Waals surface area contributed by atoms with E-state index < -0.39 is 0 Å². The zero-order valence-electron chi connectivity index (χ0n) is 9.75. The van der Waals surface area contributed by atoms with Crippen LogP contribution in [0.4, 0.5) is 0 Å². The molecule has 0 unspecified atom stereocenters. The monoisotopic (exact) mass is 219 g/mol. The van der Waals surface area contributed by atoms with Crippen molar-refractivity contribution in [2.45, 2.75) is 13.5 Å². The van der Waals surface area contributed by atoms with E-state index >= 15 is 0 Å². The molecule has 1 aromatic carbocycles. The standard InChI is InChI=1S/C13H17NO2/c1-10(2)8-14-9-11-4-6-12(7-5-11)13(15)16-3/h4-7,14H,1,8-9H2,2-3H3. The lowest BCUT2D eigenvalue weighted by Crippen LogP contribution is -2.15. The average molecular weight is 219 g/mol. The molecular formula is C13H17NO2. The Hall–Kier alpha value is -1.61. The normalized spacial score (nSPS) is 9.88. The maximum absolute atomic E-state index is 11.2. The number of carbonyl (C=O) groups excluding carboxylic acids is 1. The molecule has 0 radical (unpaired) electrons. The third-order valence-electron chi connectivity index (χ3n) is 2.13. The molecule has 16 heavy (non-hydrogen) atoms. The highest BCUT2D eigenvalue weighted by atomic mass is 16.5. The molecule has 0 bridgehead atoms. The van der Waals surface area contributed by atoms with Crippen LogP contribution in [-0.4, -0.2) is 19.6 Å². The second kappa shape index (κ2) is 6.08. The van der Waals surface area contributed by atoms with Crippen LogP contribution in [0.3, 0.4) is 0 Å². The SMILES string of the molecule is C=C(C)CNCc1ccc(C(=O)OC)cc1. The lowest BCUT2D eigenvalue weighted by molar-refractivity contribution is 0.0600. The molecule has 0 aliphatic rings. The van der Waals surface area contributed by atoms with Crippen molar-refractivity contribution in [3.05, 3.63) is 47.5 Å². The van der Waals surface area contributed by atoms with Crippen molar-refractivity contribution in [1.82, 2.24) is 5.32 Å². The van der Waals surface area contributed by atoms with Crippen molar-refractivity contribution in [1.29, 1.82) is 0 Å². The van der Waals surface area contributed by atoms with E-state index in [0.29, 0.717) is 5.56 Å². The smallest absolute Gasteiger partial charge is 0.337 e. The molecule has 0 heterocycles. The summed E-state index contributed by atoms with van der Waals surface area (Å²) in [6.07, 6.45) is 0. The van der Waals surface area contributed by atoms with Gasteiger partial charge in [-0.05, 0) is 24.6 Å². The summed E-state index contributed by atoms with van der Waals surface area (Å²) in [5.41, 5.74) is 2.81. The van der Waals surface area contributed by atoms with Crippen LogP contribution in [-0.2, 0) is 11.3 Å². The van der Waals surface area contributed by atoms with Gasteiger partial charge in [0.2, 0.25) is 0 Å². The van der Waals surface area contributed by atoms with E-state index in [1.807, 2.05) is 19.1 Å². The number of hydrogen-bond acceptors (Lipinski definition) is 3. The summed E-state index contributed by atoms with van der Waals surface area (Å²) >= 11 is 0. The van der Waals surface area contributed by atoms with E-state index in [4.69, 9.17) is 0 Å². The number of nitrogens with one attached hydrogen (secondary N) is 1. The van der Waals surface area contributed by atoms with E-state index in [9.17, 15) is 4.79 Å². The molecule has 0 fully saturated rings. The number of hydrogen-bond donors (Lipinski definition) is 1. The highest BCUT2D eigenvalue weighted by molar-refractivity contribution is 5.89. The first-order chi connectivity index (χ1) is 7.63. The molecule has 0 atom stereocenters. The molecular weight excluding hydrogens is 202 g/mol. The molecule has 0 saturated carbocycles. The number of benzene rings is 1. The van der Waals surface area contributed by atoms with Crippen molar-refractivity contribution < 1.29 is 9.53 Å². The Morgan fingerprint density at radius 3 is 2.50 bits per heavy atom. The Kier molecular flexibility index (Phi) is 4.73. The molecule has 0 aromatic heterocycles. The summed E-state index contributed by atoms with van der Waals surface area (Å²) in [6, 6.07) is 7.36. The maximum Gasteiger partial charge on any atom is 0.337 e. The Morgan fingerprint density at radius 1 is 1.38 bits per heavy atom. The molecule has 0 amide bonds. The van der Waals surface area contributed by atoms with Gasteiger partial charge < -0.3 is 10.1 Å². The zero-order chi connectivity index (χ0) is 12.0. The molecule has 0 saturated heterocycles. The summed E-state index contributed by atoms with van der Waals surface area (Å²) < 4.78 is 4.62. The fraction of sp³-hybridized carbons (Fsp3) is 0.308. The Bertz CT molecular complexity index is 368. The van der Waals surface area contributed by atoms with E-state index in [-0.39, 0.29) is 5.97 Å². The Morgan fingerprint density at radius 2 is 2.00 bits per heavy atom. The topological polar surface area (TPSA) is 38.3 Å². The molecule has 86 valence electrons. The molecule has 0 aliphatic heterocycles. The van der Waals surface area contributed by atoms with Gasteiger partial charge in [0.25, 0.3) is 0 Å². The average Bonchev–Trinajstić information content (AvgIpc) is 2.28. The largest absolute Gasteiger partial charge is 0.465 e. The third kappa shape index (κ3) is 3.87. The highest BCUT2D eigenvalue weighted by Crippen LogP contribution is 2.05. The van der Waals surface area contributed by atoms with E-state index in [1.165, 1.54) is 7.11 Å². The van der Waals surface area contributed by atoms with Gasteiger partial charge in [0.15, 0.2) is 0 Å². The first kappa shape index (κ1) is 12.5. The van der Waals surface area contributed by atoms with Gasteiger partial charge in [0.1, 0.15) is 0 Å². The van der Waals surface area contributed by atoms with Gasteiger partial charge in [-0.25, -0.2) is 4.79 Å². The second-order valence-corrected chi connectivity index (χ2v) is 3.75. The first-order valence-electron chi connectivity index (χ1n) is 5.16. The molecule has 1 aromatic rings. The van der Waals surface area contributed by atoms with Crippen LogP contribution < -0.4 is 5.32 Å². The quantitative estimate of drug-likeness (QED) is 0.609. The summed E-state index contributed by atoms with van der Waals surface area (Å²) in [4.78, 5) is 11.2. The lowest BCUT2D eigenvalue weighted by atomic mass is 10.1. The van der Waals surface area contributed by atoms with Gasteiger partial charge >= 0.3 is 5.97 Å². The minimum Gasteiger partial charge on any atom is -0.465 e. The van der Waals surface area contributed by atoms with Gasteiger partial charge in [-0.2, -0.15) is 0 Å². The number of carbonyl (C=O) groups is 1. The third-order valence-corrected chi connectivity index (χ3v) is 2.13. The Balaban J connectivity index is 2.51. The summed E-state index contributed by atoms with van der Waals surface area (Å²) in [5, 5.41) is 3.25. The van der Waals surface area contributed by atoms with Crippen molar-refractivity contribution in [3.8, 4) is 0 Å². The summed E-state index contributed by atoms with van der Waals surface area (Å²) in [6.45, 7) is 7.37. The van der Waals surface area contributed by atoms with Crippen molar-refractivity contribution in [2.24, 2.45) is 0 Å². The van der Waals surface area contributed by atoms with Gasteiger partial charge in [0, 0.05) is 13.1 Å². The van der Waals surface area contributed by atoms with Crippen LogP contribution in [0, 0.1) is 0 Å². The van der Waals surface area contributed by atoms with Crippen LogP contribution in [0.5, 0.6) is 0 Å². The summed E-state index contributed by atoms with van der Waals surface area (Å²) in [5.74, 6) is -0.304. The number of rotatable bonds is 5. The van der Waals surface area contributed by atoms with Crippen LogP contribution in [0.25, 0.3) is 0 Å². The minimum atomic E-state index is -0.304. The molecule has 3 heteroatoms. The maximum atomic E-state index is 11.2. The van der Waals surface area contributed by atoms with Crippen molar-refractivity contribution in [2.75, 3.05) is 13.7 Å². The van der Waals surface area contributed by atoms with E-state index in [0.717, 1.165) is 24.2 Å². The molecule has 3 nitrogen and oxygen atoms in total. The summed E-state index contributed by atoms with van der Waals surface area (Å²) in [7, 11) is 1.38. The fourth-order valence-electron chi connectivity index (χ4n) is 1.30. The first-order valence-corrected chi connectivity index (χ1v) is 5.16. The fourth-order valence-corrected chi connectivity index (χ4v) is 1.30. The van der Waals surface area contributed by atoms with Gasteiger partial charge in [-0.1, -0.05) is 24.3 Å².